The first-order chi connectivity index (χ1) is 7.24. The Morgan fingerprint density at radius 3 is 2.53 bits per heavy atom. The van der Waals surface area contributed by atoms with Crippen LogP contribution >= 0.6 is 0 Å². The summed E-state index contributed by atoms with van der Waals surface area (Å²) in [5.74, 6) is 4.95. The van der Waals surface area contributed by atoms with Gasteiger partial charge < -0.3 is 9.47 Å². The minimum atomic E-state index is -0.401. The summed E-state index contributed by atoms with van der Waals surface area (Å²) in [5.41, 5.74) is 0.750. The standard InChI is InChI=1S/C10H14FNO3/c1-13-6-8-9(14-2)4-3-7(5-15-12)10(8)11/h3-4H,5-6,12H2,1-2H3. The van der Waals surface area contributed by atoms with Crippen LogP contribution in [0, 0.1) is 5.82 Å². The van der Waals surface area contributed by atoms with E-state index in [1.54, 1.807) is 12.1 Å². The van der Waals surface area contributed by atoms with Crippen molar-refractivity contribution in [2.75, 3.05) is 14.2 Å². The van der Waals surface area contributed by atoms with E-state index in [0.717, 1.165) is 0 Å². The van der Waals surface area contributed by atoms with Crippen molar-refractivity contribution in [3.63, 3.8) is 0 Å². The molecule has 1 rings (SSSR count). The highest BCUT2D eigenvalue weighted by Crippen LogP contribution is 2.25. The molecule has 0 aliphatic rings. The predicted octanol–water partition coefficient (Wildman–Crippen LogP) is 1.37. The zero-order valence-corrected chi connectivity index (χ0v) is 8.75. The minimum absolute atomic E-state index is 0.0204. The van der Waals surface area contributed by atoms with Crippen LogP contribution in [0.25, 0.3) is 0 Å². The highest BCUT2D eigenvalue weighted by atomic mass is 19.1. The maximum absolute atomic E-state index is 13.8. The third-order valence-electron chi connectivity index (χ3n) is 2.03. The first-order valence-electron chi connectivity index (χ1n) is 4.39. The number of nitrogens with two attached hydrogens (primary N) is 1. The van der Waals surface area contributed by atoms with E-state index in [0.29, 0.717) is 16.9 Å². The molecule has 2 N–H and O–H groups in total. The van der Waals surface area contributed by atoms with E-state index in [1.165, 1.54) is 14.2 Å². The molecule has 1 aromatic rings. The van der Waals surface area contributed by atoms with E-state index >= 15 is 0 Å². The molecule has 84 valence electrons. The molecule has 5 heteroatoms. The maximum Gasteiger partial charge on any atom is 0.138 e. The molecule has 0 heterocycles. The van der Waals surface area contributed by atoms with Gasteiger partial charge in [-0.25, -0.2) is 10.3 Å². The number of benzene rings is 1. The molecule has 0 radical (unpaired) electrons. The number of hydrogen-bond donors (Lipinski definition) is 1. The molecule has 15 heavy (non-hydrogen) atoms. The van der Waals surface area contributed by atoms with Crippen LogP contribution in [0.15, 0.2) is 12.1 Å². The summed E-state index contributed by atoms with van der Waals surface area (Å²) in [7, 11) is 2.97. The Hall–Kier alpha value is -1.17. The van der Waals surface area contributed by atoms with E-state index in [2.05, 4.69) is 4.84 Å². The van der Waals surface area contributed by atoms with Crippen LogP contribution in [-0.2, 0) is 22.8 Å². The van der Waals surface area contributed by atoms with E-state index in [9.17, 15) is 4.39 Å². The second-order valence-electron chi connectivity index (χ2n) is 2.96. The largest absolute Gasteiger partial charge is 0.496 e. The highest BCUT2D eigenvalue weighted by molar-refractivity contribution is 5.38. The van der Waals surface area contributed by atoms with E-state index in [-0.39, 0.29) is 13.2 Å². The van der Waals surface area contributed by atoms with Gasteiger partial charge >= 0.3 is 0 Å². The number of ether oxygens (including phenoxy) is 2. The quantitative estimate of drug-likeness (QED) is 0.754. The van der Waals surface area contributed by atoms with Gasteiger partial charge in [-0.15, -0.1) is 0 Å². The summed E-state index contributed by atoms with van der Waals surface area (Å²) in [6.45, 7) is 0.167. The summed E-state index contributed by atoms with van der Waals surface area (Å²) < 4.78 is 23.7. The van der Waals surface area contributed by atoms with Crippen molar-refractivity contribution in [2.24, 2.45) is 5.90 Å². The van der Waals surface area contributed by atoms with Crippen molar-refractivity contribution in [1.82, 2.24) is 0 Å². The van der Waals surface area contributed by atoms with Gasteiger partial charge in [0.2, 0.25) is 0 Å². The minimum Gasteiger partial charge on any atom is -0.496 e. The molecule has 0 unspecified atom stereocenters. The van der Waals surface area contributed by atoms with Gasteiger partial charge in [-0.05, 0) is 12.1 Å². The summed E-state index contributed by atoms with van der Waals surface area (Å²) in [6, 6.07) is 3.23. The Kier molecular flexibility index (Phi) is 4.48. The fraction of sp³-hybridized carbons (Fsp3) is 0.400. The average molecular weight is 215 g/mol. The lowest BCUT2D eigenvalue weighted by Gasteiger charge is -2.11. The van der Waals surface area contributed by atoms with E-state index < -0.39 is 5.82 Å². The summed E-state index contributed by atoms with van der Waals surface area (Å²) in [4.78, 5) is 4.39. The zero-order chi connectivity index (χ0) is 11.3. The topological polar surface area (TPSA) is 53.7 Å². The predicted molar refractivity (Wildman–Crippen MR) is 52.6 cm³/mol. The van der Waals surface area contributed by atoms with Gasteiger partial charge in [0.15, 0.2) is 0 Å². The maximum atomic E-state index is 13.8. The Bertz CT molecular complexity index is 331. The Balaban J connectivity index is 3.10. The van der Waals surface area contributed by atoms with Crippen LogP contribution in [0.1, 0.15) is 11.1 Å². The zero-order valence-electron chi connectivity index (χ0n) is 8.75. The third kappa shape index (κ3) is 2.65. The molecule has 4 nitrogen and oxygen atoms in total. The molecule has 0 aliphatic carbocycles. The van der Waals surface area contributed by atoms with E-state index in [4.69, 9.17) is 15.4 Å². The summed E-state index contributed by atoms with van der Waals surface area (Å²) >= 11 is 0. The first kappa shape index (κ1) is 11.9. The summed E-state index contributed by atoms with van der Waals surface area (Å²) in [5, 5.41) is 0. The van der Waals surface area contributed by atoms with E-state index in [1.807, 2.05) is 0 Å². The molecule has 0 saturated carbocycles. The molecule has 1 aromatic carbocycles. The number of hydrogen-bond acceptors (Lipinski definition) is 4. The fourth-order valence-electron chi connectivity index (χ4n) is 1.32. The number of halogens is 1. The van der Waals surface area contributed by atoms with Crippen molar-refractivity contribution < 1.29 is 18.7 Å². The number of methoxy groups -OCH3 is 2. The first-order valence-corrected chi connectivity index (χ1v) is 4.39. The molecule has 0 aromatic heterocycles. The van der Waals surface area contributed by atoms with Crippen molar-refractivity contribution in [1.29, 1.82) is 0 Å². The smallest absolute Gasteiger partial charge is 0.138 e. The van der Waals surface area contributed by atoms with Gasteiger partial charge in [0.05, 0.1) is 25.9 Å². The molecule has 0 bridgehead atoms. The molecule has 0 saturated heterocycles. The Morgan fingerprint density at radius 2 is 2.00 bits per heavy atom. The van der Waals surface area contributed by atoms with Gasteiger partial charge in [0.25, 0.3) is 0 Å². The molecular weight excluding hydrogens is 201 g/mol. The Labute approximate surface area is 87.7 Å². The van der Waals surface area contributed by atoms with Crippen LogP contribution in [-0.4, -0.2) is 14.2 Å². The van der Waals surface area contributed by atoms with Gasteiger partial charge in [-0.1, -0.05) is 0 Å². The second kappa shape index (κ2) is 5.65. The van der Waals surface area contributed by atoms with Gasteiger partial charge in [0, 0.05) is 12.7 Å². The lowest BCUT2D eigenvalue weighted by molar-refractivity contribution is 0.120. The normalized spacial score (nSPS) is 10.4. The van der Waals surface area contributed by atoms with Gasteiger partial charge in [-0.2, -0.15) is 0 Å². The molecule has 0 fully saturated rings. The van der Waals surface area contributed by atoms with Crippen molar-refractivity contribution >= 4 is 0 Å². The fourth-order valence-corrected chi connectivity index (χ4v) is 1.32. The van der Waals surface area contributed by atoms with Crippen LogP contribution in [0.2, 0.25) is 0 Å². The number of rotatable bonds is 5. The van der Waals surface area contributed by atoms with Crippen LogP contribution < -0.4 is 10.6 Å². The molecule has 0 amide bonds. The van der Waals surface area contributed by atoms with Gasteiger partial charge in [0.1, 0.15) is 11.6 Å². The molecule has 0 atom stereocenters. The van der Waals surface area contributed by atoms with Gasteiger partial charge in [-0.3, -0.25) is 4.84 Å². The second-order valence-corrected chi connectivity index (χ2v) is 2.96. The summed E-state index contributed by atoms with van der Waals surface area (Å²) in [6.07, 6.45) is 0. The SMILES string of the molecule is COCc1c(OC)ccc(CON)c1F. The van der Waals surface area contributed by atoms with Crippen molar-refractivity contribution in [2.45, 2.75) is 13.2 Å². The highest BCUT2D eigenvalue weighted by Gasteiger charge is 2.13. The van der Waals surface area contributed by atoms with Crippen LogP contribution in [0.4, 0.5) is 4.39 Å². The van der Waals surface area contributed by atoms with Crippen molar-refractivity contribution in [3.05, 3.63) is 29.1 Å². The molecule has 0 spiro atoms. The van der Waals surface area contributed by atoms with Crippen LogP contribution in [0.3, 0.4) is 0 Å². The lowest BCUT2D eigenvalue weighted by atomic mass is 10.1. The van der Waals surface area contributed by atoms with Crippen LogP contribution in [0.5, 0.6) is 5.75 Å². The average Bonchev–Trinajstić information content (AvgIpc) is 2.25. The molecular formula is C10H14FNO3. The third-order valence-corrected chi connectivity index (χ3v) is 2.03. The lowest BCUT2D eigenvalue weighted by Crippen LogP contribution is -2.05. The Morgan fingerprint density at radius 1 is 1.27 bits per heavy atom. The monoisotopic (exact) mass is 215 g/mol. The molecule has 0 aliphatic heterocycles. The van der Waals surface area contributed by atoms with Crippen molar-refractivity contribution in [3.8, 4) is 5.75 Å².